The number of aromatic hydroxyl groups is 1. The Morgan fingerprint density at radius 2 is 1.26 bits per heavy atom. The average molecular weight is 851 g/mol. The minimum atomic E-state index is -1.65. The van der Waals surface area contributed by atoms with Crippen LogP contribution < -0.4 is 55.3 Å². The van der Waals surface area contributed by atoms with Crippen LogP contribution in [0, 0.1) is 5.92 Å². The van der Waals surface area contributed by atoms with Crippen LogP contribution in [0.4, 0.5) is 0 Å². The van der Waals surface area contributed by atoms with Crippen LogP contribution in [0.25, 0.3) is 10.9 Å². The van der Waals surface area contributed by atoms with Crippen molar-refractivity contribution in [1.29, 1.82) is 0 Å². The van der Waals surface area contributed by atoms with E-state index in [9.17, 15) is 43.8 Å². The molecule has 21 heteroatoms. The molecule has 0 spiro atoms. The van der Waals surface area contributed by atoms with Crippen molar-refractivity contribution in [3.63, 3.8) is 0 Å². The first-order valence-corrected chi connectivity index (χ1v) is 19.7. The van der Waals surface area contributed by atoms with E-state index in [2.05, 4.69) is 36.6 Å². The number of nitrogens with zero attached hydrogens (tertiary/aromatic N) is 1. The molecule has 332 valence electrons. The van der Waals surface area contributed by atoms with Gasteiger partial charge in [-0.05, 0) is 67.3 Å². The average Bonchev–Trinajstić information content (AvgIpc) is 3.61. The molecule has 0 saturated carbocycles. The number of carbonyl (C=O) groups is 7. The number of aliphatic hydroxyl groups excluding tert-OH is 1. The van der Waals surface area contributed by atoms with Crippen LogP contribution in [-0.2, 0) is 46.4 Å². The predicted molar refractivity (Wildman–Crippen MR) is 226 cm³/mol. The molecule has 0 bridgehead atoms. The number of aliphatic imine (C=N–C) groups is 1. The van der Waals surface area contributed by atoms with Gasteiger partial charge in [-0.15, -0.1) is 0 Å². The maximum absolute atomic E-state index is 13.9. The van der Waals surface area contributed by atoms with Crippen LogP contribution >= 0.6 is 0 Å². The molecule has 0 aliphatic carbocycles. The van der Waals surface area contributed by atoms with Crippen LogP contribution in [-0.4, -0.2) is 112 Å². The number of amides is 7. The van der Waals surface area contributed by atoms with Crippen molar-refractivity contribution in [2.75, 3.05) is 13.2 Å². The van der Waals surface area contributed by atoms with Gasteiger partial charge < -0.3 is 70.4 Å². The minimum Gasteiger partial charge on any atom is -0.508 e. The van der Waals surface area contributed by atoms with Crippen LogP contribution in [0.15, 0.2) is 59.7 Å². The van der Waals surface area contributed by atoms with Crippen molar-refractivity contribution in [2.45, 2.75) is 95.0 Å². The van der Waals surface area contributed by atoms with Gasteiger partial charge in [0.2, 0.25) is 41.4 Å². The van der Waals surface area contributed by atoms with Gasteiger partial charge in [-0.2, -0.15) is 0 Å². The SMILES string of the molecule is CC(C)C[C@H](NC(=O)[C@H](CO)NC(=O)[C@H](CCC(N)=O)NC(=O)[C@@H](N)Cc1ccc(O)cc1)C(=O)N[C@@H](CCCN=C(N)N)C(=O)N[C@@H](Cc1c[nH]c2ccccc12)C(N)=O. The second-order valence-corrected chi connectivity index (χ2v) is 15.0. The maximum Gasteiger partial charge on any atom is 0.245 e. The Labute approximate surface area is 352 Å². The largest absolute Gasteiger partial charge is 0.508 e. The molecule has 18 N–H and O–H groups in total. The first-order chi connectivity index (χ1) is 28.9. The molecule has 3 aromatic rings. The van der Waals surface area contributed by atoms with E-state index >= 15 is 0 Å². The van der Waals surface area contributed by atoms with E-state index in [-0.39, 0.29) is 69.1 Å². The zero-order valence-corrected chi connectivity index (χ0v) is 34.2. The van der Waals surface area contributed by atoms with Crippen LogP contribution in [0.2, 0.25) is 0 Å². The summed E-state index contributed by atoms with van der Waals surface area (Å²) in [6.45, 7) is 2.71. The number of benzene rings is 2. The standard InChI is InChI=1S/C40H58N12O9/c1-21(2)16-31(51-39(61)32(20-53)52-37(59)29(13-14-33(42)55)48-35(57)26(41)17-22-9-11-24(54)12-10-22)38(60)49-28(8-5-15-46-40(44)45)36(58)50-30(34(43)56)18-23-19-47-27-7-4-3-6-25(23)27/h3-4,6-7,9-12,19,21,26,28-32,47,53-54H,5,8,13-18,20,41H2,1-2H3,(H2,42,55)(H2,43,56)(H,48,57)(H,49,60)(H,50,58)(H,51,61)(H,52,59)(H4,44,45,46)/t26-,28-,29-,30-,31-,32-/m0/s1. The molecule has 0 radical (unpaired) electrons. The monoisotopic (exact) mass is 850 g/mol. The first kappa shape index (κ1) is 48.6. The number of phenolic OH excluding ortho intramolecular Hbond substituents is 1. The molecule has 3 rings (SSSR count). The lowest BCUT2D eigenvalue weighted by Gasteiger charge is -2.27. The number of carbonyl (C=O) groups excluding carboxylic acids is 7. The number of hydrogen-bond acceptors (Lipinski definition) is 11. The van der Waals surface area contributed by atoms with Gasteiger partial charge in [0.1, 0.15) is 36.0 Å². The van der Waals surface area contributed by atoms with Crippen molar-refractivity contribution in [3.05, 3.63) is 65.9 Å². The summed E-state index contributed by atoms with van der Waals surface area (Å²) in [6, 6.07) is 5.38. The van der Waals surface area contributed by atoms with Gasteiger partial charge in [0.05, 0.1) is 12.6 Å². The summed E-state index contributed by atoms with van der Waals surface area (Å²) in [6.07, 6.45) is 1.44. The Morgan fingerprint density at radius 3 is 1.87 bits per heavy atom. The van der Waals surface area contributed by atoms with E-state index in [0.717, 1.165) is 10.9 Å². The van der Waals surface area contributed by atoms with Gasteiger partial charge in [0.15, 0.2) is 5.96 Å². The molecule has 1 heterocycles. The number of phenols is 1. The third-order valence-corrected chi connectivity index (χ3v) is 9.53. The molecule has 21 nitrogen and oxygen atoms in total. The summed E-state index contributed by atoms with van der Waals surface area (Å²) in [5.41, 5.74) is 30.1. The zero-order chi connectivity index (χ0) is 45.2. The quantitative estimate of drug-likeness (QED) is 0.0235. The Hall–Kier alpha value is -6.74. The van der Waals surface area contributed by atoms with Gasteiger partial charge in [0, 0.05) is 36.5 Å². The van der Waals surface area contributed by atoms with Crippen LogP contribution in [0.3, 0.4) is 0 Å². The lowest BCUT2D eigenvalue weighted by Crippen LogP contribution is -2.60. The molecule has 0 aliphatic heterocycles. The lowest BCUT2D eigenvalue weighted by atomic mass is 10.0. The van der Waals surface area contributed by atoms with Crippen molar-refractivity contribution in [1.82, 2.24) is 31.6 Å². The first-order valence-electron chi connectivity index (χ1n) is 19.7. The molecule has 0 fully saturated rings. The Balaban J connectivity index is 1.76. The van der Waals surface area contributed by atoms with E-state index in [1.807, 2.05) is 24.3 Å². The highest BCUT2D eigenvalue weighted by Crippen LogP contribution is 2.19. The van der Waals surface area contributed by atoms with Gasteiger partial charge in [-0.25, -0.2) is 0 Å². The molecular formula is C40H58N12O9. The summed E-state index contributed by atoms with van der Waals surface area (Å²) in [4.78, 5) is 98.9. The number of guanidine groups is 1. The summed E-state index contributed by atoms with van der Waals surface area (Å²) < 4.78 is 0. The Bertz CT molecular complexity index is 2020. The van der Waals surface area contributed by atoms with Crippen molar-refractivity contribution in [2.24, 2.45) is 39.6 Å². The zero-order valence-electron chi connectivity index (χ0n) is 34.2. The fourth-order valence-electron chi connectivity index (χ4n) is 6.31. The van der Waals surface area contributed by atoms with Crippen LogP contribution in [0.1, 0.15) is 57.1 Å². The smallest absolute Gasteiger partial charge is 0.245 e. The fraction of sp³-hybridized carbons (Fsp3) is 0.450. The topological polar surface area (TPSA) is 378 Å². The molecule has 0 unspecified atom stereocenters. The summed E-state index contributed by atoms with van der Waals surface area (Å²) in [5.74, 6) is -6.21. The third-order valence-electron chi connectivity index (χ3n) is 9.53. The predicted octanol–water partition coefficient (Wildman–Crippen LogP) is -2.75. The van der Waals surface area contributed by atoms with Crippen molar-refractivity contribution < 1.29 is 43.8 Å². The van der Waals surface area contributed by atoms with E-state index in [1.54, 1.807) is 32.2 Å². The Morgan fingerprint density at radius 1 is 0.705 bits per heavy atom. The molecule has 7 amide bonds. The second kappa shape index (κ2) is 23.7. The number of rotatable bonds is 25. The number of nitrogens with two attached hydrogens (primary N) is 5. The van der Waals surface area contributed by atoms with Gasteiger partial charge in [-0.1, -0.05) is 44.2 Å². The molecule has 1 aromatic heterocycles. The number of hydrogen-bond donors (Lipinski definition) is 13. The second-order valence-electron chi connectivity index (χ2n) is 15.0. The third kappa shape index (κ3) is 16.1. The maximum atomic E-state index is 13.9. The summed E-state index contributed by atoms with van der Waals surface area (Å²) in [7, 11) is 0. The molecule has 2 aromatic carbocycles. The fourth-order valence-corrected chi connectivity index (χ4v) is 6.31. The van der Waals surface area contributed by atoms with Gasteiger partial charge in [0.25, 0.3) is 0 Å². The van der Waals surface area contributed by atoms with Gasteiger partial charge >= 0.3 is 0 Å². The summed E-state index contributed by atoms with van der Waals surface area (Å²) in [5, 5.41) is 33.2. The number of aliphatic hydroxyl groups is 1. The Kier molecular flexibility index (Phi) is 18.9. The highest BCUT2D eigenvalue weighted by Gasteiger charge is 2.33. The van der Waals surface area contributed by atoms with E-state index in [4.69, 9.17) is 28.7 Å². The van der Waals surface area contributed by atoms with Crippen molar-refractivity contribution >= 4 is 58.2 Å². The normalized spacial score (nSPS) is 14.0. The lowest BCUT2D eigenvalue weighted by molar-refractivity contribution is -0.136. The summed E-state index contributed by atoms with van der Waals surface area (Å²) >= 11 is 0. The highest BCUT2D eigenvalue weighted by atomic mass is 16.3. The number of H-pyrrole nitrogens is 1. The number of fused-ring (bicyclic) bond motifs is 1. The minimum absolute atomic E-state index is 0.00158. The number of para-hydroxylation sites is 1. The molecule has 0 aliphatic rings. The molecule has 61 heavy (non-hydrogen) atoms. The highest BCUT2D eigenvalue weighted by molar-refractivity contribution is 5.97. The van der Waals surface area contributed by atoms with E-state index in [1.165, 1.54) is 12.1 Å². The molecule has 6 atom stereocenters. The number of nitrogens with one attached hydrogen (secondary N) is 6. The van der Waals surface area contributed by atoms with E-state index < -0.39 is 84.2 Å². The number of aromatic nitrogens is 1. The van der Waals surface area contributed by atoms with Crippen LogP contribution in [0.5, 0.6) is 5.75 Å². The van der Waals surface area contributed by atoms with Crippen molar-refractivity contribution in [3.8, 4) is 5.75 Å². The molecule has 0 saturated heterocycles. The van der Waals surface area contributed by atoms with E-state index in [0.29, 0.717) is 11.1 Å². The number of aromatic amines is 1. The van der Waals surface area contributed by atoms with Gasteiger partial charge in [-0.3, -0.25) is 38.6 Å². The number of primary amides is 2. The molecular weight excluding hydrogens is 793 g/mol.